The Labute approximate surface area is 248 Å². The van der Waals surface area contributed by atoms with Crippen LogP contribution in [-0.4, -0.2) is 9.97 Å². The molecule has 0 spiro atoms. The molecule has 0 saturated carbocycles. The van der Waals surface area contributed by atoms with Gasteiger partial charge in [-0.2, -0.15) is 0 Å². The fourth-order valence-corrected chi connectivity index (χ4v) is 6.60. The molecule has 2 heteroatoms. The van der Waals surface area contributed by atoms with E-state index in [9.17, 15) is 0 Å². The minimum absolute atomic E-state index is 0.120. The van der Waals surface area contributed by atoms with Crippen molar-refractivity contribution in [3.8, 4) is 44.8 Å². The molecule has 6 aromatic rings. The van der Waals surface area contributed by atoms with E-state index in [0.29, 0.717) is 0 Å². The van der Waals surface area contributed by atoms with Gasteiger partial charge in [-0.25, -0.2) is 0 Å². The van der Waals surface area contributed by atoms with Crippen LogP contribution >= 0.6 is 0 Å². The zero-order chi connectivity index (χ0) is 28.9. The first-order valence-electron chi connectivity index (χ1n) is 14.7. The summed E-state index contributed by atoms with van der Waals surface area (Å²) in [6.45, 7) is 9.48. The maximum Gasteiger partial charge on any atom is 0.0701 e. The van der Waals surface area contributed by atoms with Gasteiger partial charge in [0.05, 0.1) is 11.4 Å². The van der Waals surface area contributed by atoms with Crippen molar-refractivity contribution < 1.29 is 0 Å². The largest absolute Gasteiger partial charge is 0.256 e. The summed E-state index contributed by atoms with van der Waals surface area (Å²) in [4.78, 5) is 9.01. The van der Waals surface area contributed by atoms with Crippen LogP contribution in [0.1, 0.15) is 49.9 Å². The number of fused-ring (bicyclic) bond motifs is 2. The van der Waals surface area contributed by atoms with E-state index >= 15 is 0 Å². The Morgan fingerprint density at radius 2 is 0.714 bits per heavy atom. The molecule has 2 aromatic heterocycles. The minimum atomic E-state index is -0.120. The summed E-state index contributed by atoms with van der Waals surface area (Å²) in [5.74, 6) is 0. The van der Waals surface area contributed by atoms with Gasteiger partial charge in [0.1, 0.15) is 0 Å². The Bertz CT molecular complexity index is 1740. The number of pyridine rings is 2. The number of nitrogens with zero attached hydrogens (tertiary/aromatic N) is 2. The molecule has 0 amide bonds. The van der Waals surface area contributed by atoms with E-state index < -0.39 is 0 Å². The maximum atomic E-state index is 4.50. The van der Waals surface area contributed by atoms with Crippen LogP contribution in [0.3, 0.4) is 0 Å². The minimum Gasteiger partial charge on any atom is -0.256 e. The van der Waals surface area contributed by atoms with Crippen LogP contribution in [-0.2, 0) is 10.8 Å². The number of rotatable bonds is 4. The Morgan fingerprint density at radius 1 is 0.357 bits per heavy atom. The lowest BCUT2D eigenvalue weighted by Crippen LogP contribution is -2.36. The van der Waals surface area contributed by atoms with Crippen LogP contribution < -0.4 is 0 Å². The summed E-state index contributed by atoms with van der Waals surface area (Å²) in [6.07, 6.45) is 3.69. The van der Waals surface area contributed by atoms with E-state index in [1.165, 1.54) is 44.5 Å². The second-order valence-electron chi connectivity index (χ2n) is 12.4. The standard InChI is InChI=1S/C40H34N2/c1-39(2)33-21-19-32(28-13-17-30(18-14-28)38-10-6-8-24-42-38)26-36(33)40(3,4)34-22-20-31(25-35(34)39)27-11-15-29(16-12-27)37-9-5-7-23-41-37/h5-26H,1-4H3. The summed E-state index contributed by atoms with van der Waals surface area (Å²) < 4.78 is 0. The second kappa shape index (κ2) is 9.92. The lowest BCUT2D eigenvalue weighted by atomic mass is 9.59. The van der Waals surface area contributed by atoms with E-state index in [1.54, 1.807) is 0 Å². The van der Waals surface area contributed by atoms with E-state index in [4.69, 9.17) is 0 Å². The number of benzene rings is 4. The highest BCUT2D eigenvalue weighted by Gasteiger charge is 2.41. The molecule has 2 nitrogen and oxygen atoms in total. The fraction of sp³-hybridized carbons (Fsp3) is 0.150. The number of aromatic nitrogens is 2. The van der Waals surface area contributed by atoms with Crippen LogP contribution in [0.25, 0.3) is 44.8 Å². The predicted molar refractivity (Wildman–Crippen MR) is 174 cm³/mol. The van der Waals surface area contributed by atoms with Crippen molar-refractivity contribution >= 4 is 0 Å². The van der Waals surface area contributed by atoms with Gasteiger partial charge in [-0.1, -0.05) is 113 Å². The maximum absolute atomic E-state index is 4.50. The third-order valence-electron chi connectivity index (χ3n) is 9.09. The molecule has 0 saturated heterocycles. The van der Waals surface area contributed by atoms with E-state index in [0.717, 1.165) is 22.5 Å². The molecule has 0 aliphatic heterocycles. The molecule has 1 aliphatic carbocycles. The Balaban J connectivity index is 1.24. The fourth-order valence-electron chi connectivity index (χ4n) is 6.60. The molecule has 0 atom stereocenters. The molecule has 1 aliphatic rings. The van der Waals surface area contributed by atoms with Crippen LogP contribution in [0.4, 0.5) is 0 Å². The molecule has 4 aromatic carbocycles. The van der Waals surface area contributed by atoms with Gasteiger partial charge in [0.25, 0.3) is 0 Å². The first-order valence-corrected chi connectivity index (χ1v) is 14.7. The smallest absolute Gasteiger partial charge is 0.0701 e. The van der Waals surface area contributed by atoms with Gasteiger partial charge in [-0.05, 0) is 80.9 Å². The average molecular weight is 543 g/mol. The van der Waals surface area contributed by atoms with Crippen LogP contribution in [0.15, 0.2) is 134 Å². The van der Waals surface area contributed by atoms with Crippen molar-refractivity contribution in [3.63, 3.8) is 0 Å². The van der Waals surface area contributed by atoms with Gasteiger partial charge in [-0.15, -0.1) is 0 Å². The van der Waals surface area contributed by atoms with Gasteiger partial charge in [0.2, 0.25) is 0 Å². The highest BCUT2D eigenvalue weighted by molar-refractivity contribution is 5.74. The van der Waals surface area contributed by atoms with Crippen molar-refractivity contribution in [1.82, 2.24) is 9.97 Å². The molecular weight excluding hydrogens is 508 g/mol. The molecule has 0 N–H and O–H groups in total. The Morgan fingerprint density at radius 3 is 1.07 bits per heavy atom. The van der Waals surface area contributed by atoms with Crippen LogP contribution in [0.5, 0.6) is 0 Å². The second-order valence-corrected chi connectivity index (χ2v) is 12.4. The predicted octanol–water partition coefficient (Wildman–Crippen LogP) is 10.1. The zero-order valence-electron chi connectivity index (χ0n) is 24.6. The summed E-state index contributed by atoms with van der Waals surface area (Å²) in [5.41, 5.74) is 14.6. The summed E-state index contributed by atoms with van der Waals surface area (Å²) >= 11 is 0. The van der Waals surface area contributed by atoms with Crippen molar-refractivity contribution in [2.45, 2.75) is 38.5 Å². The highest BCUT2D eigenvalue weighted by atomic mass is 14.7. The Kier molecular flexibility index (Phi) is 6.17. The summed E-state index contributed by atoms with van der Waals surface area (Å²) in [5, 5.41) is 0. The molecular formula is C40H34N2. The molecule has 0 fully saturated rings. The third kappa shape index (κ3) is 4.35. The van der Waals surface area contributed by atoms with Gasteiger partial charge in [0.15, 0.2) is 0 Å². The quantitative estimate of drug-likeness (QED) is 0.221. The van der Waals surface area contributed by atoms with Gasteiger partial charge in [-0.3, -0.25) is 9.97 Å². The molecule has 0 bridgehead atoms. The number of hydrogen-bond acceptors (Lipinski definition) is 2. The molecule has 7 rings (SSSR count). The topological polar surface area (TPSA) is 25.8 Å². The lowest BCUT2D eigenvalue weighted by molar-refractivity contribution is 0.521. The van der Waals surface area contributed by atoms with E-state index in [-0.39, 0.29) is 10.8 Å². The van der Waals surface area contributed by atoms with Crippen LogP contribution in [0.2, 0.25) is 0 Å². The molecule has 42 heavy (non-hydrogen) atoms. The van der Waals surface area contributed by atoms with Gasteiger partial charge < -0.3 is 0 Å². The van der Waals surface area contributed by atoms with Crippen LogP contribution in [0, 0.1) is 0 Å². The first kappa shape index (κ1) is 26.1. The third-order valence-corrected chi connectivity index (χ3v) is 9.09. The zero-order valence-corrected chi connectivity index (χ0v) is 24.6. The monoisotopic (exact) mass is 542 g/mol. The van der Waals surface area contributed by atoms with Crippen molar-refractivity contribution in [2.75, 3.05) is 0 Å². The highest BCUT2D eigenvalue weighted by Crippen LogP contribution is 2.51. The molecule has 2 heterocycles. The SMILES string of the molecule is CC1(C)c2ccc(-c3ccc(-c4ccccn4)cc3)cc2C(C)(C)c2ccc(-c3ccc(-c4ccccn4)cc3)cc21. The van der Waals surface area contributed by atoms with E-state index in [1.807, 2.05) is 36.7 Å². The van der Waals surface area contributed by atoms with Gasteiger partial charge in [0, 0.05) is 34.4 Å². The van der Waals surface area contributed by atoms with Crippen molar-refractivity contribution in [2.24, 2.45) is 0 Å². The number of hydrogen-bond donors (Lipinski definition) is 0. The Hall–Kier alpha value is -4.82. The molecule has 0 radical (unpaired) electrons. The molecule has 0 unspecified atom stereocenters. The molecule has 204 valence electrons. The van der Waals surface area contributed by atoms with Gasteiger partial charge >= 0.3 is 0 Å². The lowest BCUT2D eigenvalue weighted by Gasteiger charge is -2.44. The van der Waals surface area contributed by atoms with Crippen molar-refractivity contribution in [3.05, 3.63) is 156 Å². The van der Waals surface area contributed by atoms with E-state index in [2.05, 4.69) is 135 Å². The normalized spacial score (nSPS) is 14.6. The summed E-state index contributed by atoms with van der Waals surface area (Å²) in [6, 6.07) is 43.8. The summed E-state index contributed by atoms with van der Waals surface area (Å²) in [7, 11) is 0. The average Bonchev–Trinajstić information content (AvgIpc) is 3.05. The van der Waals surface area contributed by atoms with Crippen molar-refractivity contribution in [1.29, 1.82) is 0 Å². The first-order chi connectivity index (χ1) is 20.3.